The minimum Gasteiger partial charge on any atom is -0.282 e. The molecule has 0 atom stereocenters. The van der Waals surface area contributed by atoms with Crippen molar-refractivity contribution in [2.75, 3.05) is 0 Å². The molecule has 0 saturated heterocycles. The number of nitrogens with zero attached hydrogens (tertiary/aromatic N) is 4. The van der Waals surface area contributed by atoms with Crippen molar-refractivity contribution < 1.29 is 13.0 Å². The third-order valence-electron chi connectivity index (χ3n) is 2.02. The molecule has 0 saturated carbocycles. The Labute approximate surface area is 113 Å². The average molecular weight is 302 g/mol. The number of hydrogen-bond acceptors (Lipinski definition) is 6. The highest BCUT2D eigenvalue weighted by atomic mass is 32.2. The van der Waals surface area contributed by atoms with Crippen molar-refractivity contribution in [3.63, 3.8) is 0 Å². The number of hydrogen-bond donors (Lipinski definition) is 2. The summed E-state index contributed by atoms with van der Waals surface area (Å²) in [6.07, 6.45) is 0. The minimum atomic E-state index is -4.28. The first-order valence-corrected chi connectivity index (χ1v) is 6.79. The zero-order valence-electron chi connectivity index (χ0n) is 8.63. The zero-order chi connectivity index (χ0) is 13.3. The lowest BCUT2D eigenvalue weighted by Gasteiger charge is -2.04. The Bertz CT molecular complexity index is 710. The van der Waals surface area contributed by atoms with Gasteiger partial charge in [0, 0.05) is 0 Å². The van der Waals surface area contributed by atoms with Gasteiger partial charge in [0.2, 0.25) is 5.82 Å². The summed E-state index contributed by atoms with van der Waals surface area (Å²) in [7, 11) is -4.28. The molecule has 0 bridgehead atoms. The molecule has 0 aliphatic carbocycles. The molecule has 1 aromatic carbocycles. The van der Waals surface area contributed by atoms with Gasteiger partial charge in [-0.05, 0) is 28.6 Å². The van der Waals surface area contributed by atoms with Crippen molar-refractivity contribution in [2.45, 2.75) is 4.90 Å². The quantitative estimate of drug-likeness (QED) is 0.484. The van der Waals surface area contributed by atoms with Gasteiger partial charge in [-0.2, -0.15) is 13.1 Å². The van der Waals surface area contributed by atoms with Crippen LogP contribution in [0, 0.1) is 0 Å². The maximum atomic E-state index is 11.0. The van der Waals surface area contributed by atoms with Gasteiger partial charge >= 0.3 is 0 Å². The van der Waals surface area contributed by atoms with Crippen molar-refractivity contribution in [2.24, 2.45) is 0 Å². The Morgan fingerprint density at radius 3 is 2.78 bits per heavy atom. The van der Waals surface area contributed by atoms with Crippen LogP contribution in [0.15, 0.2) is 29.2 Å². The van der Waals surface area contributed by atoms with Gasteiger partial charge in [-0.3, -0.25) is 4.55 Å². The molecule has 18 heavy (non-hydrogen) atoms. The predicted octanol–water partition coefficient (Wildman–Crippen LogP) is 0.514. The average Bonchev–Trinajstić information content (AvgIpc) is 2.77. The van der Waals surface area contributed by atoms with Crippen LogP contribution >= 0.6 is 24.8 Å². The molecule has 1 N–H and O–H groups in total. The van der Waals surface area contributed by atoms with Crippen LogP contribution in [0.1, 0.15) is 5.82 Å². The van der Waals surface area contributed by atoms with E-state index in [0.717, 1.165) is 0 Å². The molecular formula is C8H6N4O3S3. The standard InChI is InChI=1S/C8H6N4O3S3/c13-18(14,15)6-3-1-2-5(4-6)12-7(8(16)17)9-10-11-12/h1-4H,(H,16,17)(H,13,14,15). The molecular weight excluding hydrogens is 296 g/mol. The van der Waals surface area contributed by atoms with E-state index in [1.54, 1.807) is 6.07 Å². The van der Waals surface area contributed by atoms with Crippen LogP contribution < -0.4 is 0 Å². The maximum absolute atomic E-state index is 11.0. The first-order chi connectivity index (χ1) is 8.39. The molecule has 0 spiro atoms. The number of tetrazole rings is 1. The van der Waals surface area contributed by atoms with Crippen molar-refractivity contribution >= 4 is 39.2 Å². The maximum Gasteiger partial charge on any atom is 0.294 e. The molecule has 1 heterocycles. The fraction of sp³-hybridized carbons (Fsp3) is 0. The van der Waals surface area contributed by atoms with E-state index in [-0.39, 0.29) is 14.9 Å². The van der Waals surface area contributed by atoms with Crippen molar-refractivity contribution in [1.29, 1.82) is 0 Å². The normalized spacial score (nSPS) is 11.4. The summed E-state index contributed by atoms with van der Waals surface area (Å²) >= 11 is 8.80. The van der Waals surface area contributed by atoms with E-state index in [2.05, 4.69) is 28.2 Å². The molecule has 0 fully saturated rings. The van der Waals surface area contributed by atoms with E-state index in [4.69, 9.17) is 16.8 Å². The van der Waals surface area contributed by atoms with Crippen LogP contribution in [-0.4, -0.2) is 37.4 Å². The molecule has 1 aromatic heterocycles. The highest BCUT2D eigenvalue weighted by Gasteiger charge is 2.14. The summed E-state index contributed by atoms with van der Waals surface area (Å²) in [5, 5.41) is 10.8. The van der Waals surface area contributed by atoms with Gasteiger partial charge in [0.25, 0.3) is 10.1 Å². The molecule has 10 heteroatoms. The van der Waals surface area contributed by atoms with Crippen molar-refractivity contribution in [3.05, 3.63) is 30.1 Å². The third-order valence-corrected chi connectivity index (χ3v) is 3.25. The largest absolute Gasteiger partial charge is 0.294 e. The molecule has 94 valence electrons. The van der Waals surface area contributed by atoms with Crippen molar-refractivity contribution in [3.8, 4) is 5.69 Å². The van der Waals surface area contributed by atoms with E-state index < -0.39 is 10.1 Å². The number of thiocarbonyl (C=S) groups is 1. The van der Waals surface area contributed by atoms with Gasteiger partial charge < -0.3 is 0 Å². The monoisotopic (exact) mass is 302 g/mol. The van der Waals surface area contributed by atoms with Crippen LogP contribution in [0.2, 0.25) is 0 Å². The third kappa shape index (κ3) is 2.56. The Morgan fingerprint density at radius 1 is 1.44 bits per heavy atom. The van der Waals surface area contributed by atoms with Crippen LogP contribution in [0.5, 0.6) is 0 Å². The molecule has 0 unspecified atom stereocenters. The lowest BCUT2D eigenvalue weighted by atomic mass is 10.3. The van der Waals surface area contributed by atoms with Crippen LogP contribution in [0.3, 0.4) is 0 Å². The van der Waals surface area contributed by atoms with Crippen LogP contribution in [0.25, 0.3) is 5.69 Å². The molecule has 2 aromatic rings. The molecule has 0 amide bonds. The first-order valence-electron chi connectivity index (χ1n) is 4.49. The second-order valence-corrected chi connectivity index (χ2v) is 5.77. The van der Waals surface area contributed by atoms with Crippen LogP contribution in [0.4, 0.5) is 0 Å². The van der Waals surface area contributed by atoms with E-state index in [0.29, 0.717) is 5.69 Å². The van der Waals surface area contributed by atoms with E-state index in [9.17, 15) is 8.42 Å². The summed E-state index contributed by atoms with van der Waals surface area (Å²) < 4.78 is 32.4. The predicted molar refractivity (Wildman–Crippen MR) is 69.7 cm³/mol. The molecule has 0 aliphatic heterocycles. The summed E-state index contributed by atoms with van der Waals surface area (Å²) in [6, 6.07) is 5.50. The van der Waals surface area contributed by atoms with Gasteiger partial charge in [0.15, 0.2) is 0 Å². The Kier molecular flexibility index (Phi) is 3.43. The molecule has 2 rings (SSSR count). The highest BCUT2D eigenvalue weighted by molar-refractivity contribution is 8.11. The number of thiol groups is 1. The molecule has 0 aliphatic rings. The lowest BCUT2D eigenvalue weighted by molar-refractivity contribution is 0.483. The number of aromatic nitrogens is 4. The second-order valence-electron chi connectivity index (χ2n) is 3.19. The van der Waals surface area contributed by atoms with Crippen LogP contribution in [-0.2, 0) is 10.1 Å². The van der Waals surface area contributed by atoms with E-state index in [1.165, 1.54) is 22.9 Å². The Balaban J connectivity index is 2.59. The van der Waals surface area contributed by atoms with Gasteiger partial charge in [0.1, 0.15) is 4.20 Å². The SMILES string of the molecule is O=S(=O)(O)c1cccc(-n2nnnc2C(=S)S)c1. The fourth-order valence-corrected chi connectivity index (χ4v) is 2.06. The topological polar surface area (TPSA) is 98.0 Å². The summed E-state index contributed by atoms with van der Waals surface area (Å²) in [5.41, 5.74) is 0.349. The Hall–Kier alpha value is -1.36. The summed E-state index contributed by atoms with van der Waals surface area (Å²) in [6.45, 7) is 0. The zero-order valence-corrected chi connectivity index (χ0v) is 11.2. The van der Waals surface area contributed by atoms with Gasteiger partial charge in [-0.1, -0.05) is 18.3 Å². The van der Waals surface area contributed by atoms with Gasteiger partial charge in [-0.25, -0.2) is 0 Å². The highest BCUT2D eigenvalue weighted by Crippen LogP contribution is 2.15. The second kappa shape index (κ2) is 4.72. The minimum absolute atomic E-state index is 0.164. The number of rotatable bonds is 3. The first kappa shape index (κ1) is 13.1. The lowest BCUT2D eigenvalue weighted by Crippen LogP contribution is -2.07. The van der Waals surface area contributed by atoms with E-state index >= 15 is 0 Å². The van der Waals surface area contributed by atoms with E-state index in [1.807, 2.05) is 0 Å². The fourth-order valence-electron chi connectivity index (χ4n) is 1.27. The summed E-state index contributed by atoms with van der Waals surface area (Å²) in [4.78, 5) is -0.258. The molecule has 7 nitrogen and oxygen atoms in total. The smallest absolute Gasteiger partial charge is 0.282 e. The van der Waals surface area contributed by atoms with Crippen molar-refractivity contribution in [1.82, 2.24) is 20.2 Å². The number of benzene rings is 1. The Morgan fingerprint density at radius 2 is 2.17 bits per heavy atom. The summed E-state index contributed by atoms with van der Waals surface area (Å²) in [5.74, 6) is 0.209. The molecule has 0 radical (unpaired) electrons. The van der Waals surface area contributed by atoms with Gasteiger partial charge in [-0.15, -0.1) is 17.7 Å². The van der Waals surface area contributed by atoms with Gasteiger partial charge in [0.05, 0.1) is 10.6 Å².